The molecule has 3 saturated heterocycles. The van der Waals surface area contributed by atoms with Crippen LogP contribution in [0.3, 0.4) is 0 Å². The number of nitrogens with zero attached hydrogens (tertiary/aromatic N) is 2. The fraction of sp³-hybridized carbons (Fsp3) is 0.636. The summed E-state index contributed by atoms with van der Waals surface area (Å²) >= 11 is 0. The Morgan fingerprint density at radius 3 is 2.39 bits per heavy atom. The van der Waals surface area contributed by atoms with Crippen LogP contribution in [-0.2, 0) is 14.6 Å². The predicted octanol–water partition coefficient (Wildman–Crippen LogP) is 1.45. The van der Waals surface area contributed by atoms with E-state index in [1.807, 2.05) is 0 Å². The number of halogens is 1. The first-order valence-corrected chi connectivity index (χ1v) is 12.9. The van der Waals surface area contributed by atoms with Gasteiger partial charge in [-0.25, -0.2) is 12.8 Å². The number of nitrogens with one attached hydrogen (secondary N) is 1. The third-order valence-corrected chi connectivity index (χ3v) is 8.40. The molecular formula is C22H30FN3O4S. The van der Waals surface area contributed by atoms with Crippen LogP contribution in [0, 0.1) is 11.7 Å². The van der Waals surface area contributed by atoms with E-state index in [-0.39, 0.29) is 41.8 Å². The fourth-order valence-corrected chi connectivity index (χ4v) is 6.98. The zero-order valence-electron chi connectivity index (χ0n) is 17.6. The summed E-state index contributed by atoms with van der Waals surface area (Å²) in [5.74, 6) is -1.10. The van der Waals surface area contributed by atoms with Crippen molar-refractivity contribution in [3.8, 4) is 0 Å². The average Bonchev–Trinajstić information content (AvgIpc) is 3.08. The summed E-state index contributed by atoms with van der Waals surface area (Å²) in [4.78, 5) is 29.6. The topological polar surface area (TPSA) is 86.8 Å². The quantitative estimate of drug-likeness (QED) is 0.749. The fourth-order valence-electron chi connectivity index (χ4n) is 5.03. The molecule has 3 atom stereocenters. The Morgan fingerprint density at radius 1 is 0.968 bits per heavy atom. The van der Waals surface area contributed by atoms with Gasteiger partial charge in [-0.1, -0.05) is 6.42 Å². The van der Waals surface area contributed by atoms with Crippen LogP contribution in [0.2, 0.25) is 0 Å². The van der Waals surface area contributed by atoms with Crippen molar-refractivity contribution in [2.75, 3.05) is 37.7 Å². The molecule has 170 valence electrons. The largest absolute Gasteiger partial charge is 0.350 e. The van der Waals surface area contributed by atoms with E-state index in [0.29, 0.717) is 24.9 Å². The minimum absolute atomic E-state index is 0.0230. The molecule has 2 amide bonds. The lowest BCUT2D eigenvalue weighted by Gasteiger charge is -2.36. The van der Waals surface area contributed by atoms with E-state index in [0.717, 1.165) is 32.4 Å². The van der Waals surface area contributed by atoms with Crippen molar-refractivity contribution in [1.82, 2.24) is 15.1 Å². The molecule has 3 unspecified atom stereocenters. The molecule has 31 heavy (non-hydrogen) atoms. The normalized spacial score (nSPS) is 28.9. The Kier molecular flexibility index (Phi) is 6.62. The first-order chi connectivity index (χ1) is 14.8. The second-order valence-corrected chi connectivity index (χ2v) is 11.1. The van der Waals surface area contributed by atoms with Gasteiger partial charge in [-0.15, -0.1) is 0 Å². The van der Waals surface area contributed by atoms with Gasteiger partial charge in [0.25, 0.3) is 5.91 Å². The summed E-state index contributed by atoms with van der Waals surface area (Å²) in [6.45, 7) is 2.58. The van der Waals surface area contributed by atoms with Gasteiger partial charge in [-0.2, -0.15) is 0 Å². The number of amides is 2. The molecule has 0 radical (unpaired) electrons. The zero-order valence-corrected chi connectivity index (χ0v) is 18.4. The minimum Gasteiger partial charge on any atom is -0.350 e. The number of likely N-dealkylation sites (tertiary alicyclic amines) is 2. The molecule has 0 aromatic heterocycles. The SMILES string of the molecule is O=C(NC1CS(=O)(=O)CC1N1CCCCC1)C1CCCN(C(=O)c2ccc(F)cc2)C1. The van der Waals surface area contributed by atoms with Crippen LogP contribution in [0.5, 0.6) is 0 Å². The molecule has 0 spiro atoms. The van der Waals surface area contributed by atoms with Gasteiger partial charge in [-0.3, -0.25) is 14.5 Å². The van der Waals surface area contributed by atoms with Crippen LogP contribution >= 0.6 is 0 Å². The van der Waals surface area contributed by atoms with Crippen molar-refractivity contribution < 1.29 is 22.4 Å². The first kappa shape index (κ1) is 22.2. The highest BCUT2D eigenvalue weighted by atomic mass is 32.2. The summed E-state index contributed by atoms with van der Waals surface area (Å²) < 4.78 is 37.8. The molecule has 0 saturated carbocycles. The molecule has 3 aliphatic rings. The molecule has 1 N–H and O–H groups in total. The second kappa shape index (κ2) is 9.24. The maximum absolute atomic E-state index is 13.2. The molecular weight excluding hydrogens is 421 g/mol. The molecule has 1 aromatic rings. The smallest absolute Gasteiger partial charge is 0.253 e. The van der Waals surface area contributed by atoms with E-state index >= 15 is 0 Å². The maximum Gasteiger partial charge on any atom is 0.253 e. The van der Waals surface area contributed by atoms with Crippen molar-refractivity contribution in [1.29, 1.82) is 0 Å². The summed E-state index contributed by atoms with van der Waals surface area (Å²) in [5, 5.41) is 3.01. The van der Waals surface area contributed by atoms with Crippen molar-refractivity contribution in [3.05, 3.63) is 35.6 Å². The van der Waals surface area contributed by atoms with Crippen LogP contribution in [0.4, 0.5) is 4.39 Å². The van der Waals surface area contributed by atoms with Crippen molar-refractivity contribution >= 4 is 21.7 Å². The van der Waals surface area contributed by atoms with E-state index in [1.165, 1.54) is 24.3 Å². The molecule has 4 rings (SSSR count). The van der Waals surface area contributed by atoms with E-state index in [9.17, 15) is 22.4 Å². The predicted molar refractivity (Wildman–Crippen MR) is 115 cm³/mol. The Balaban J connectivity index is 1.40. The van der Waals surface area contributed by atoms with Crippen LogP contribution in [0.25, 0.3) is 0 Å². The number of carbonyl (C=O) groups excluding carboxylic acids is 2. The van der Waals surface area contributed by atoms with Gasteiger partial charge in [-0.05, 0) is 63.0 Å². The van der Waals surface area contributed by atoms with E-state index in [2.05, 4.69) is 10.2 Å². The molecule has 3 heterocycles. The lowest BCUT2D eigenvalue weighted by molar-refractivity contribution is -0.127. The Labute approximate surface area is 182 Å². The summed E-state index contributed by atoms with van der Waals surface area (Å²) in [5.41, 5.74) is 0.398. The van der Waals surface area contributed by atoms with Crippen molar-refractivity contribution in [2.24, 2.45) is 5.92 Å². The first-order valence-electron chi connectivity index (χ1n) is 11.1. The third-order valence-electron chi connectivity index (χ3n) is 6.68. The molecule has 0 aliphatic carbocycles. The van der Waals surface area contributed by atoms with E-state index < -0.39 is 21.7 Å². The van der Waals surface area contributed by atoms with E-state index in [1.54, 1.807) is 4.90 Å². The summed E-state index contributed by atoms with van der Waals surface area (Å²) in [6, 6.07) is 4.83. The Morgan fingerprint density at radius 2 is 1.68 bits per heavy atom. The minimum atomic E-state index is -3.19. The third kappa shape index (κ3) is 5.26. The second-order valence-electron chi connectivity index (χ2n) is 8.95. The maximum atomic E-state index is 13.2. The van der Waals surface area contributed by atoms with E-state index in [4.69, 9.17) is 0 Å². The van der Waals surface area contributed by atoms with Crippen LogP contribution in [-0.4, -0.2) is 79.8 Å². The number of carbonyl (C=O) groups is 2. The molecule has 1 aromatic carbocycles. The molecule has 9 heteroatoms. The Bertz CT molecular complexity index is 915. The van der Waals surface area contributed by atoms with Gasteiger partial charge in [0.15, 0.2) is 9.84 Å². The van der Waals surface area contributed by atoms with Crippen LogP contribution in [0.1, 0.15) is 42.5 Å². The van der Waals surface area contributed by atoms with Crippen LogP contribution in [0.15, 0.2) is 24.3 Å². The highest BCUT2D eigenvalue weighted by molar-refractivity contribution is 7.91. The number of hydrogen-bond acceptors (Lipinski definition) is 5. The Hall–Kier alpha value is -2.00. The molecule has 3 aliphatic heterocycles. The van der Waals surface area contributed by atoms with Gasteiger partial charge in [0, 0.05) is 24.7 Å². The molecule has 7 nitrogen and oxygen atoms in total. The number of sulfone groups is 1. The lowest BCUT2D eigenvalue weighted by atomic mass is 9.95. The standard InChI is InChI=1S/C22H30FN3O4S/c23-18-8-6-16(7-9-18)22(28)26-12-4-5-17(13-26)21(27)24-19-14-31(29,30)15-20(19)25-10-2-1-3-11-25/h6-9,17,19-20H,1-5,10-15H2,(H,24,27). The zero-order chi connectivity index (χ0) is 22.0. The average molecular weight is 452 g/mol. The monoisotopic (exact) mass is 451 g/mol. The molecule has 3 fully saturated rings. The number of rotatable bonds is 4. The van der Waals surface area contributed by atoms with Gasteiger partial charge in [0.1, 0.15) is 5.82 Å². The van der Waals surface area contributed by atoms with Crippen molar-refractivity contribution in [3.63, 3.8) is 0 Å². The summed E-state index contributed by atoms with van der Waals surface area (Å²) in [6.07, 6.45) is 4.63. The highest BCUT2D eigenvalue weighted by Gasteiger charge is 2.43. The number of hydrogen-bond donors (Lipinski definition) is 1. The van der Waals surface area contributed by atoms with Crippen molar-refractivity contribution in [2.45, 2.75) is 44.2 Å². The lowest BCUT2D eigenvalue weighted by Crippen LogP contribution is -2.55. The molecule has 0 bridgehead atoms. The highest BCUT2D eigenvalue weighted by Crippen LogP contribution is 2.24. The van der Waals surface area contributed by atoms with Gasteiger partial charge < -0.3 is 10.2 Å². The van der Waals surface area contributed by atoms with Crippen LogP contribution < -0.4 is 5.32 Å². The number of piperidine rings is 2. The van der Waals surface area contributed by atoms with Gasteiger partial charge >= 0.3 is 0 Å². The van der Waals surface area contributed by atoms with Gasteiger partial charge in [0.2, 0.25) is 5.91 Å². The van der Waals surface area contributed by atoms with Gasteiger partial charge in [0.05, 0.1) is 23.5 Å². The number of benzene rings is 1. The summed E-state index contributed by atoms with van der Waals surface area (Å²) in [7, 11) is -3.19.